The van der Waals surface area contributed by atoms with Crippen LogP contribution < -0.4 is 11.2 Å². The average Bonchev–Trinajstić information content (AvgIpc) is 2.62. The lowest BCUT2D eigenvalue weighted by atomic mass is 10.2. The fourth-order valence-corrected chi connectivity index (χ4v) is 3.82. The molecule has 6 nitrogen and oxygen atoms in total. The van der Waals surface area contributed by atoms with E-state index < -0.39 is 0 Å². The van der Waals surface area contributed by atoms with Crippen LogP contribution in [0, 0.1) is 12.8 Å². The lowest BCUT2D eigenvalue weighted by Gasteiger charge is -2.15. The van der Waals surface area contributed by atoms with Crippen molar-refractivity contribution in [2.24, 2.45) is 13.0 Å². The number of rotatable bonds is 5. The van der Waals surface area contributed by atoms with Gasteiger partial charge in [0, 0.05) is 19.3 Å². The molecule has 0 aliphatic rings. The second kappa shape index (κ2) is 7.45. The van der Waals surface area contributed by atoms with Gasteiger partial charge in [0.25, 0.3) is 5.56 Å². The second-order valence-corrected chi connectivity index (χ2v) is 7.66. The number of aryl methyl sites for hydroxylation is 1. The second-order valence-electron chi connectivity index (χ2n) is 6.70. The third kappa shape index (κ3) is 3.58. The van der Waals surface area contributed by atoms with Crippen molar-refractivity contribution in [2.45, 2.75) is 38.1 Å². The van der Waals surface area contributed by atoms with Gasteiger partial charge >= 0.3 is 5.69 Å². The fraction of sp³-hybridized carbons (Fsp3) is 0.368. The highest BCUT2D eigenvalue weighted by Gasteiger charge is 2.18. The Morgan fingerprint density at radius 3 is 2.46 bits per heavy atom. The van der Waals surface area contributed by atoms with Crippen LogP contribution in [0.3, 0.4) is 0 Å². The number of nitrogens with zero attached hydrogens (tertiary/aromatic N) is 4. The van der Waals surface area contributed by atoms with Gasteiger partial charge < -0.3 is 0 Å². The highest BCUT2D eigenvalue weighted by atomic mass is 32.2. The monoisotopic (exact) mass is 370 g/mol. The summed E-state index contributed by atoms with van der Waals surface area (Å²) in [6, 6.07) is 10.0. The van der Waals surface area contributed by atoms with Gasteiger partial charge in [-0.1, -0.05) is 44.2 Å². The molecule has 0 spiro atoms. The van der Waals surface area contributed by atoms with E-state index in [1.165, 1.54) is 18.8 Å². The van der Waals surface area contributed by atoms with Gasteiger partial charge in [-0.3, -0.25) is 13.9 Å². The highest BCUT2D eigenvalue weighted by molar-refractivity contribution is 7.98. The summed E-state index contributed by atoms with van der Waals surface area (Å²) in [6.45, 7) is 6.35. The lowest BCUT2D eigenvalue weighted by Crippen LogP contribution is -2.39. The first-order valence-corrected chi connectivity index (χ1v) is 9.52. The van der Waals surface area contributed by atoms with Crippen LogP contribution in [0.25, 0.3) is 11.0 Å². The van der Waals surface area contributed by atoms with Crippen LogP contribution in [-0.4, -0.2) is 19.1 Å². The van der Waals surface area contributed by atoms with Crippen LogP contribution in [0.4, 0.5) is 0 Å². The zero-order valence-electron chi connectivity index (χ0n) is 15.4. The topological polar surface area (TPSA) is 69.8 Å². The smallest absolute Gasteiger partial charge is 0.277 e. The third-order valence-corrected chi connectivity index (χ3v) is 5.07. The number of hydrogen-bond acceptors (Lipinski definition) is 5. The van der Waals surface area contributed by atoms with Gasteiger partial charge in [0.2, 0.25) is 0 Å². The Morgan fingerprint density at radius 2 is 1.81 bits per heavy atom. The van der Waals surface area contributed by atoms with Crippen LogP contribution in [0.2, 0.25) is 0 Å². The minimum Gasteiger partial charge on any atom is -0.277 e. The van der Waals surface area contributed by atoms with E-state index in [9.17, 15) is 9.59 Å². The summed E-state index contributed by atoms with van der Waals surface area (Å²) in [5.74, 6) is 1.50. The summed E-state index contributed by atoms with van der Waals surface area (Å²) in [5, 5.41) is 1.04. The van der Waals surface area contributed by atoms with E-state index in [1.807, 2.05) is 44.2 Å². The Hall–Kier alpha value is -2.41. The van der Waals surface area contributed by atoms with Crippen LogP contribution in [0.15, 0.2) is 44.9 Å². The molecular formula is C19H22N4O2S. The van der Waals surface area contributed by atoms with E-state index in [-0.39, 0.29) is 17.2 Å². The minimum absolute atomic E-state index is 0.254. The predicted molar refractivity (Wildman–Crippen MR) is 105 cm³/mol. The van der Waals surface area contributed by atoms with Gasteiger partial charge in [-0.25, -0.2) is 14.8 Å². The van der Waals surface area contributed by atoms with E-state index in [4.69, 9.17) is 0 Å². The Morgan fingerprint density at radius 1 is 1.12 bits per heavy atom. The van der Waals surface area contributed by atoms with Crippen molar-refractivity contribution in [1.29, 1.82) is 0 Å². The van der Waals surface area contributed by atoms with Crippen molar-refractivity contribution in [3.63, 3.8) is 0 Å². The molecule has 3 rings (SSSR count). The van der Waals surface area contributed by atoms with E-state index in [2.05, 4.69) is 9.97 Å². The van der Waals surface area contributed by atoms with Gasteiger partial charge in [0.1, 0.15) is 16.2 Å². The zero-order valence-corrected chi connectivity index (χ0v) is 16.2. The molecule has 0 saturated carbocycles. The average molecular weight is 370 g/mol. The Labute approximate surface area is 155 Å². The largest absolute Gasteiger partial charge is 0.332 e. The van der Waals surface area contributed by atoms with E-state index in [0.29, 0.717) is 34.2 Å². The molecule has 0 amide bonds. The third-order valence-electron chi connectivity index (χ3n) is 4.03. The summed E-state index contributed by atoms with van der Waals surface area (Å²) >= 11 is 1.49. The van der Waals surface area contributed by atoms with Crippen LogP contribution in [0.5, 0.6) is 0 Å². The molecule has 0 bridgehead atoms. The summed E-state index contributed by atoms with van der Waals surface area (Å²) in [7, 11) is 1.51. The van der Waals surface area contributed by atoms with Gasteiger partial charge in [0.15, 0.2) is 5.65 Å². The number of fused-ring (bicyclic) bond motifs is 1. The molecule has 26 heavy (non-hydrogen) atoms. The van der Waals surface area contributed by atoms with Gasteiger partial charge in [-0.15, -0.1) is 11.8 Å². The van der Waals surface area contributed by atoms with Gasteiger partial charge in [-0.05, 0) is 18.4 Å². The lowest BCUT2D eigenvalue weighted by molar-refractivity contribution is 0.498. The molecule has 1 aromatic carbocycles. The normalized spacial score (nSPS) is 11.4. The number of benzene rings is 1. The zero-order chi connectivity index (χ0) is 18.8. The molecular weight excluding hydrogens is 348 g/mol. The molecule has 136 valence electrons. The van der Waals surface area contributed by atoms with Crippen LogP contribution in [-0.2, 0) is 19.3 Å². The minimum atomic E-state index is -0.347. The molecule has 0 atom stereocenters. The molecule has 0 fully saturated rings. The van der Waals surface area contributed by atoms with Gasteiger partial charge in [-0.2, -0.15) is 0 Å². The molecule has 0 unspecified atom stereocenters. The first-order chi connectivity index (χ1) is 12.4. The summed E-state index contributed by atoms with van der Waals surface area (Å²) in [4.78, 5) is 34.3. The maximum Gasteiger partial charge on any atom is 0.332 e. The first kappa shape index (κ1) is 18.4. The van der Waals surface area contributed by atoms with E-state index >= 15 is 0 Å². The fourth-order valence-electron chi connectivity index (χ4n) is 2.80. The van der Waals surface area contributed by atoms with Crippen molar-refractivity contribution in [3.8, 4) is 0 Å². The van der Waals surface area contributed by atoms with Crippen LogP contribution >= 0.6 is 11.8 Å². The summed E-state index contributed by atoms with van der Waals surface area (Å²) in [6.07, 6.45) is 0. The predicted octanol–water partition coefficient (Wildman–Crippen LogP) is 2.75. The molecule has 0 saturated heterocycles. The Bertz CT molecular complexity index is 1060. The Kier molecular flexibility index (Phi) is 5.27. The molecule has 0 aliphatic heterocycles. The summed E-state index contributed by atoms with van der Waals surface area (Å²) < 4.78 is 2.73. The number of hydrogen-bond donors (Lipinski definition) is 0. The van der Waals surface area contributed by atoms with E-state index in [1.54, 1.807) is 11.5 Å². The molecule has 2 heterocycles. The van der Waals surface area contributed by atoms with Crippen molar-refractivity contribution in [1.82, 2.24) is 19.1 Å². The molecule has 3 aromatic rings. The maximum absolute atomic E-state index is 12.8. The van der Waals surface area contributed by atoms with Gasteiger partial charge in [0.05, 0.1) is 0 Å². The number of thioether (sulfide) groups is 1. The Balaban J connectivity index is 2.19. The molecule has 0 aliphatic carbocycles. The molecule has 0 N–H and O–H groups in total. The van der Waals surface area contributed by atoms with Crippen molar-refractivity contribution in [3.05, 3.63) is 62.6 Å². The number of aromatic nitrogens is 4. The molecule has 2 aromatic heterocycles. The SMILES string of the molecule is Cc1nc(SCc2ccccc2)c2c(=O)n(C)c(=O)n(CC(C)C)c2n1. The van der Waals surface area contributed by atoms with Crippen molar-refractivity contribution in [2.75, 3.05) is 0 Å². The quantitative estimate of drug-likeness (QED) is 0.510. The van der Waals surface area contributed by atoms with Crippen molar-refractivity contribution < 1.29 is 0 Å². The standard InChI is InChI=1S/C19H22N4O2S/c1-12(2)10-23-16-15(18(24)22(4)19(23)25)17(21-13(3)20-16)26-11-14-8-6-5-7-9-14/h5-9,12H,10-11H2,1-4H3. The maximum atomic E-state index is 12.8. The molecule has 0 radical (unpaired) electrons. The highest BCUT2D eigenvalue weighted by Crippen LogP contribution is 2.26. The van der Waals surface area contributed by atoms with E-state index in [0.717, 1.165) is 10.1 Å². The first-order valence-electron chi connectivity index (χ1n) is 8.53. The summed E-state index contributed by atoms with van der Waals surface area (Å²) in [5.41, 5.74) is 0.887. The molecule has 7 heteroatoms. The van der Waals surface area contributed by atoms with Crippen LogP contribution in [0.1, 0.15) is 25.2 Å². The van der Waals surface area contributed by atoms with Crippen molar-refractivity contribution >= 4 is 22.8 Å².